The fraction of sp³-hybridized carbons (Fsp3) is 0.273. The summed E-state index contributed by atoms with van der Waals surface area (Å²) in [4.78, 5) is 63.3. The molecule has 4 N–H and O–H groups in total. The summed E-state index contributed by atoms with van der Waals surface area (Å²) >= 11 is 5.18. The Balaban J connectivity index is 1.30. The van der Waals surface area contributed by atoms with Gasteiger partial charge in [0.25, 0.3) is 11.8 Å². The number of fused-ring (bicyclic) bond motifs is 2. The second-order valence-electron chi connectivity index (χ2n) is 8.41. The number of carbonyl (C=O) groups is 4. The van der Waals surface area contributed by atoms with Gasteiger partial charge in [-0.25, -0.2) is 19.3 Å². The molecule has 0 aliphatic carbocycles. The maximum atomic E-state index is 13.1. The third kappa shape index (κ3) is 5.60. The Kier molecular flexibility index (Phi) is 7.92. The molecule has 5 heterocycles. The molecule has 0 radical (unpaired) electrons. The van der Waals surface area contributed by atoms with Crippen molar-refractivity contribution in [2.45, 2.75) is 15.8 Å². The maximum Gasteiger partial charge on any atom is 0.344 e. The SMILES string of the molecule is C[n+]1ccc2sc(SCC3=C(C(=O)[O-])N4C(=O)C(NC(=O)/C(=N\OCC(=O)O)c5csc(N)n5)[C@@H]4SC3)nc2c1. The number of aromatic nitrogens is 3. The number of amides is 2. The van der Waals surface area contributed by atoms with Gasteiger partial charge < -0.3 is 30.9 Å². The van der Waals surface area contributed by atoms with Gasteiger partial charge in [0.1, 0.15) is 29.7 Å². The lowest BCUT2D eigenvalue weighted by Crippen LogP contribution is -2.71. The van der Waals surface area contributed by atoms with E-state index in [2.05, 4.69) is 20.4 Å². The summed E-state index contributed by atoms with van der Waals surface area (Å²) < 4.78 is 3.65. The average Bonchev–Trinajstić information content (AvgIpc) is 3.52. The first-order valence-corrected chi connectivity index (χ1v) is 15.1. The van der Waals surface area contributed by atoms with Crippen LogP contribution in [-0.2, 0) is 31.1 Å². The van der Waals surface area contributed by atoms with Crippen LogP contribution in [0.5, 0.6) is 0 Å². The topological polar surface area (TPSA) is 204 Å². The second kappa shape index (κ2) is 11.4. The Morgan fingerprint density at radius 2 is 2.20 bits per heavy atom. The number of hydrogen-bond acceptors (Lipinski definition) is 14. The van der Waals surface area contributed by atoms with Crippen LogP contribution in [0.4, 0.5) is 5.13 Å². The molecule has 2 atom stereocenters. The molecule has 3 aromatic heterocycles. The van der Waals surface area contributed by atoms with Crippen LogP contribution in [0.2, 0.25) is 0 Å². The Morgan fingerprint density at radius 3 is 2.90 bits per heavy atom. The standard InChI is InChI=1S/C22H19N7O7S4/c1-28-3-2-12-10(4-28)25-22(40-12)39-7-9-6-37-19-15(18(33)29(19)16(9)20(34)35)26-17(32)14(27-36-5-13(30)31)11-8-38-21(23)24-11/h2-4,8,15,19H,5-7H2,1H3,(H4-,23,24,26,30,31,32,34,35)/b27-14-/t15?,19-/m0/s1. The molecule has 2 aliphatic rings. The number of nitrogen functional groups attached to an aromatic ring is 1. The van der Waals surface area contributed by atoms with Crippen LogP contribution in [0.3, 0.4) is 0 Å². The molecule has 1 unspecified atom stereocenters. The summed E-state index contributed by atoms with van der Waals surface area (Å²) in [5, 5.41) is 27.9. The van der Waals surface area contributed by atoms with Crippen LogP contribution in [0.1, 0.15) is 5.69 Å². The Morgan fingerprint density at radius 1 is 1.40 bits per heavy atom. The minimum atomic E-state index is -1.49. The van der Waals surface area contributed by atoms with E-state index in [1.807, 2.05) is 30.1 Å². The smallest absolute Gasteiger partial charge is 0.344 e. The quantitative estimate of drug-likeness (QED) is 0.0834. The van der Waals surface area contributed by atoms with E-state index in [0.29, 0.717) is 17.1 Å². The number of β-lactam (4-membered cyclic amide) rings is 1. The molecule has 14 nitrogen and oxygen atoms in total. The van der Waals surface area contributed by atoms with Gasteiger partial charge in [-0.2, -0.15) is 0 Å². The highest BCUT2D eigenvalue weighted by Crippen LogP contribution is 2.42. The van der Waals surface area contributed by atoms with E-state index in [1.165, 1.54) is 40.2 Å². The van der Waals surface area contributed by atoms with Crippen LogP contribution in [0.15, 0.2) is 44.6 Å². The number of nitrogens with two attached hydrogens (primary N) is 1. The average molecular weight is 622 g/mol. The van der Waals surface area contributed by atoms with E-state index in [9.17, 15) is 24.3 Å². The summed E-state index contributed by atoms with van der Waals surface area (Å²) in [5.74, 6) is -3.71. The predicted octanol–water partition coefficient (Wildman–Crippen LogP) is -0.839. The van der Waals surface area contributed by atoms with Crippen molar-refractivity contribution in [2.24, 2.45) is 12.2 Å². The van der Waals surface area contributed by atoms with Gasteiger partial charge >= 0.3 is 5.97 Å². The number of thiazole rings is 2. The van der Waals surface area contributed by atoms with Crippen LogP contribution in [0.25, 0.3) is 10.2 Å². The molecule has 0 spiro atoms. The van der Waals surface area contributed by atoms with Gasteiger partial charge in [0.15, 0.2) is 27.6 Å². The van der Waals surface area contributed by atoms with Gasteiger partial charge in [0.05, 0.1) is 16.4 Å². The summed E-state index contributed by atoms with van der Waals surface area (Å²) in [6.45, 7) is -0.804. The molecule has 0 aromatic carbocycles. The van der Waals surface area contributed by atoms with Crippen LogP contribution in [0, 0.1) is 0 Å². The van der Waals surface area contributed by atoms with Crippen LogP contribution < -0.4 is 20.7 Å². The molecule has 1 fully saturated rings. The zero-order chi connectivity index (χ0) is 28.6. The van der Waals surface area contributed by atoms with E-state index in [4.69, 9.17) is 15.7 Å². The minimum Gasteiger partial charge on any atom is -0.543 e. The number of nitrogens with one attached hydrogen (secondary N) is 1. The third-order valence-corrected chi connectivity index (χ3v) is 9.95. The van der Waals surface area contributed by atoms with E-state index < -0.39 is 41.8 Å². The number of oxime groups is 1. The van der Waals surface area contributed by atoms with Gasteiger partial charge in [-0.3, -0.25) is 14.5 Å². The van der Waals surface area contributed by atoms with Crippen molar-refractivity contribution in [3.05, 3.63) is 40.8 Å². The van der Waals surface area contributed by atoms with E-state index in [1.54, 1.807) is 0 Å². The highest BCUT2D eigenvalue weighted by molar-refractivity contribution is 8.02. The van der Waals surface area contributed by atoms with Crippen molar-refractivity contribution >= 4 is 91.0 Å². The summed E-state index contributed by atoms with van der Waals surface area (Å²) in [6, 6.07) is 0.890. The number of carbonyl (C=O) groups excluding carboxylic acids is 3. The fourth-order valence-corrected chi connectivity index (χ4v) is 7.98. The summed E-state index contributed by atoms with van der Waals surface area (Å²) in [7, 11) is 1.90. The number of hydrogen-bond donors (Lipinski definition) is 3. The number of thioether (sulfide) groups is 2. The molecule has 2 aliphatic heterocycles. The molecule has 208 valence electrons. The molecule has 40 heavy (non-hydrogen) atoms. The highest BCUT2D eigenvalue weighted by Gasteiger charge is 2.53. The molecule has 18 heteroatoms. The zero-order valence-corrected chi connectivity index (χ0v) is 23.7. The molecule has 1 saturated heterocycles. The third-order valence-electron chi connectivity index (χ3n) is 5.67. The van der Waals surface area contributed by atoms with E-state index >= 15 is 0 Å². The first-order valence-electron chi connectivity index (χ1n) is 11.3. The van der Waals surface area contributed by atoms with Crippen molar-refractivity contribution in [2.75, 3.05) is 23.8 Å². The number of anilines is 1. The first kappa shape index (κ1) is 27.8. The highest BCUT2D eigenvalue weighted by atomic mass is 32.2. The van der Waals surface area contributed by atoms with Gasteiger partial charge in [0.2, 0.25) is 6.61 Å². The first-order chi connectivity index (χ1) is 19.1. The molecule has 0 saturated carbocycles. The normalized spacial score (nSPS) is 18.9. The van der Waals surface area contributed by atoms with Gasteiger partial charge in [-0.15, -0.1) is 34.4 Å². The number of aliphatic carboxylic acids is 2. The second-order valence-corrected chi connectivity index (χ2v) is 12.7. The van der Waals surface area contributed by atoms with Crippen molar-refractivity contribution < 1.29 is 38.8 Å². The Labute approximate surface area is 241 Å². The predicted molar refractivity (Wildman–Crippen MR) is 145 cm³/mol. The molecule has 3 aromatic rings. The lowest BCUT2D eigenvalue weighted by molar-refractivity contribution is -0.670. The van der Waals surface area contributed by atoms with Crippen molar-refractivity contribution in [3.63, 3.8) is 0 Å². The Bertz CT molecular complexity index is 1600. The van der Waals surface area contributed by atoms with Crippen molar-refractivity contribution in [1.29, 1.82) is 0 Å². The fourth-order valence-electron chi connectivity index (χ4n) is 3.91. The number of nitrogens with zero attached hydrogens (tertiary/aromatic N) is 5. The lowest BCUT2D eigenvalue weighted by Gasteiger charge is -2.50. The lowest BCUT2D eigenvalue weighted by atomic mass is 10.0. The van der Waals surface area contributed by atoms with E-state index in [-0.39, 0.29) is 22.2 Å². The molecule has 5 rings (SSSR count). The van der Waals surface area contributed by atoms with E-state index in [0.717, 1.165) is 30.8 Å². The molecule has 2 amide bonds. The van der Waals surface area contributed by atoms with Crippen LogP contribution in [-0.4, -0.2) is 79.0 Å². The Hall–Kier alpha value is -3.74. The molecule has 0 bridgehead atoms. The molecular weight excluding hydrogens is 603 g/mol. The van der Waals surface area contributed by atoms with Gasteiger partial charge in [-0.1, -0.05) is 16.9 Å². The summed E-state index contributed by atoms with van der Waals surface area (Å²) in [6.07, 6.45) is 3.81. The minimum absolute atomic E-state index is 0.0311. The van der Waals surface area contributed by atoms with Gasteiger partial charge in [0, 0.05) is 23.0 Å². The number of aryl methyl sites for hydroxylation is 1. The zero-order valence-electron chi connectivity index (χ0n) is 20.4. The maximum absolute atomic E-state index is 13.1. The number of carboxylic acid groups (broad SMARTS) is 2. The number of rotatable bonds is 10. The monoisotopic (exact) mass is 621 g/mol. The number of pyridine rings is 1. The van der Waals surface area contributed by atoms with Crippen molar-refractivity contribution in [1.82, 2.24) is 20.2 Å². The largest absolute Gasteiger partial charge is 0.543 e. The summed E-state index contributed by atoms with van der Waals surface area (Å²) in [5.41, 5.74) is 6.41. The molecular formula is C22H19N7O7S4. The number of carboxylic acids is 2. The van der Waals surface area contributed by atoms with Crippen LogP contribution >= 0.6 is 46.2 Å². The van der Waals surface area contributed by atoms with Crippen molar-refractivity contribution in [3.8, 4) is 0 Å². The van der Waals surface area contributed by atoms with Gasteiger partial charge in [-0.05, 0) is 5.57 Å².